The second kappa shape index (κ2) is 7.48. The van der Waals surface area contributed by atoms with Gasteiger partial charge < -0.3 is 18.7 Å². The van der Waals surface area contributed by atoms with Crippen molar-refractivity contribution in [1.29, 1.82) is 0 Å². The van der Waals surface area contributed by atoms with Crippen LogP contribution >= 0.6 is 23.2 Å². The summed E-state index contributed by atoms with van der Waals surface area (Å²) in [4.78, 5) is 0. The molecule has 0 bridgehead atoms. The minimum absolute atomic E-state index is 0.232. The lowest BCUT2D eigenvalue weighted by Gasteiger charge is -2.18. The Morgan fingerprint density at radius 1 is 0.808 bits per heavy atom. The van der Waals surface area contributed by atoms with Gasteiger partial charge in [-0.1, -0.05) is 58.7 Å². The highest BCUT2D eigenvalue weighted by Gasteiger charge is 2.30. The number of hydrogen-bond donors (Lipinski definition) is 0. The molecule has 7 heteroatoms. The van der Waals surface area contributed by atoms with Crippen molar-refractivity contribution < 1.29 is 18.7 Å². The molecule has 3 aromatic rings. The molecule has 26 heavy (non-hydrogen) atoms. The summed E-state index contributed by atoms with van der Waals surface area (Å²) in [5.74, 6) is 1.61. The molecule has 2 aromatic carbocycles. The lowest BCUT2D eigenvalue weighted by molar-refractivity contribution is 0.375. The molecule has 0 amide bonds. The molecular weight excluding hydrogens is 377 g/mol. The van der Waals surface area contributed by atoms with Crippen LogP contribution in [0.4, 0.5) is 0 Å². The number of benzene rings is 2. The Morgan fingerprint density at radius 3 is 1.85 bits per heavy atom. The molecule has 0 unspecified atom stereocenters. The summed E-state index contributed by atoms with van der Waals surface area (Å²) >= 11 is 12.9. The minimum atomic E-state index is 0.232. The maximum atomic E-state index is 6.46. The topological polar surface area (TPSA) is 53.7 Å². The maximum Gasteiger partial charge on any atom is 0.163 e. The fourth-order valence-electron chi connectivity index (χ4n) is 2.89. The third-order valence-corrected chi connectivity index (χ3v) is 4.71. The van der Waals surface area contributed by atoms with Crippen LogP contribution in [0.5, 0.6) is 17.2 Å². The summed E-state index contributed by atoms with van der Waals surface area (Å²) < 4.78 is 21.8. The van der Waals surface area contributed by atoms with E-state index in [0.717, 1.165) is 11.1 Å². The monoisotopic (exact) mass is 393 g/mol. The van der Waals surface area contributed by atoms with E-state index in [1.54, 1.807) is 0 Å². The third-order valence-electron chi connectivity index (χ3n) is 4.03. The first-order valence-corrected chi connectivity index (χ1v) is 8.49. The summed E-state index contributed by atoms with van der Waals surface area (Å²) in [6, 6.07) is 9.75. The summed E-state index contributed by atoms with van der Waals surface area (Å²) in [6.45, 7) is 1.84. The SMILES string of the molecule is COc1c(Cl)c(OC)c(-c2noc(C)c2-c2ccccc2)c(OC)c1Cl. The van der Waals surface area contributed by atoms with Crippen LogP contribution in [0.1, 0.15) is 5.76 Å². The summed E-state index contributed by atoms with van der Waals surface area (Å²) in [5.41, 5.74) is 2.77. The summed E-state index contributed by atoms with van der Waals surface area (Å²) in [7, 11) is 4.49. The number of aromatic nitrogens is 1. The van der Waals surface area contributed by atoms with E-state index in [4.69, 9.17) is 41.9 Å². The lowest BCUT2D eigenvalue weighted by Crippen LogP contribution is -1.99. The number of methoxy groups -OCH3 is 3. The molecule has 3 rings (SSSR count). The molecule has 0 N–H and O–H groups in total. The molecule has 0 aliphatic carbocycles. The van der Waals surface area contributed by atoms with Crippen LogP contribution in [0.25, 0.3) is 22.4 Å². The summed E-state index contributed by atoms with van der Waals surface area (Å²) in [5, 5.41) is 4.69. The first-order valence-electron chi connectivity index (χ1n) is 7.74. The van der Waals surface area contributed by atoms with Crippen LogP contribution in [-0.4, -0.2) is 26.5 Å². The van der Waals surface area contributed by atoms with Gasteiger partial charge in [-0.25, -0.2) is 0 Å². The van der Waals surface area contributed by atoms with Gasteiger partial charge in [0.15, 0.2) is 17.2 Å². The van der Waals surface area contributed by atoms with Gasteiger partial charge in [-0.3, -0.25) is 0 Å². The quantitative estimate of drug-likeness (QED) is 0.560. The van der Waals surface area contributed by atoms with Gasteiger partial charge in [-0.05, 0) is 12.5 Å². The standard InChI is InChI=1S/C19H17Cl2NO4/c1-10-12(11-8-6-5-7-9-11)16(22-26-10)13-17(23-2)14(20)19(25-4)15(21)18(13)24-3/h5-9H,1-4H3. The Hall–Kier alpha value is -2.37. The number of halogens is 2. The fraction of sp³-hybridized carbons (Fsp3) is 0.211. The highest BCUT2D eigenvalue weighted by molar-refractivity contribution is 6.40. The van der Waals surface area contributed by atoms with Gasteiger partial charge in [0.25, 0.3) is 0 Å². The molecule has 0 atom stereocenters. The largest absolute Gasteiger partial charge is 0.494 e. The van der Waals surface area contributed by atoms with Crippen molar-refractivity contribution in [3.63, 3.8) is 0 Å². The average molecular weight is 394 g/mol. The van der Waals surface area contributed by atoms with Crippen LogP contribution in [0.15, 0.2) is 34.9 Å². The lowest BCUT2D eigenvalue weighted by atomic mass is 9.98. The van der Waals surface area contributed by atoms with E-state index >= 15 is 0 Å². The van der Waals surface area contributed by atoms with E-state index in [9.17, 15) is 0 Å². The first-order chi connectivity index (χ1) is 12.5. The predicted octanol–water partition coefficient (Wildman–Crippen LogP) is 5.65. The Kier molecular flexibility index (Phi) is 5.30. The van der Waals surface area contributed by atoms with E-state index in [0.29, 0.717) is 28.5 Å². The normalized spacial score (nSPS) is 10.7. The van der Waals surface area contributed by atoms with Crippen LogP contribution in [0.2, 0.25) is 10.0 Å². The van der Waals surface area contributed by atoms with Crippen molar-refractivity contribution in [3.8, 4) is 39.6 Å². The number of rotatable bonds is 5. The third kappa shape index (κ3) is 2.87. The predicted molar refractivity (Wildman–Crippen MR) is 102 cm³/mol. The number of ether oxygens (including phenoxy) is 3. The Balaban J connectivity index is 2.39. The van der Waals surface area contributed by atoms with Crippen molar-refractivity contribution in [1.82, 2.24) is 5.16 Å². The van der Waals surface area contributed by atoms with E-state index in [2.05, 4.69) is 5.16 Å². The number of aryl methyl sites for hydroxylation is 1. The van der Waals surface area contributed by atoms with Crippen molar-refractivity contribution in [2.75, 3.05) is 21.3 Å². The Morgan fingerprint density at radius 2 is 1.35 bits per heavy atom. The molecule has 0 aliphatic rings. The second-order valence-corrected chi connectivity index (χ2v) is 6.19. The summed E-state index contributed by atoms with van der Waals surface area (Å²) in [6.07, 6.45) is 0. The van der Waals surface area contributed by atoms with Gasteiger partial charge in [0.2, 0.25) is 0 Å². The molecule has 0 saturated carbocycles. The molecular formula is C19H17Cl2NO4. The van der Waals surface area contributed by atoms with E-state index < -0.39 is 0 Å². The van der Waals surface area contributed by atoms with Gasteiger partial charge in [-0.2, -0.15) is 0 Å². The number of nitrogens with zero attached hydrogens (tertiary/aromatic N) is 1. The highest BCUT2D eigenvalue weighted by atomic mass is 35.5. The van der Waals surface area contributed by atoms with Crippen molar-refractivity contribution in [2.45, 2.75) is 6.92 Å². The second-order valence-electron chi connectivity index (χ2n) is 5.43. The van der Waals surface area contributed by atoms with E-state index in [1.165, 1.54) is 21.3 Å². The van der Waals surface area contributed by atoms with Crippen LogP contribution in [-0.2, 0) is 0 Å². The van der Waals surface area contributed by atoms with E-state index in [1.807, 2.05) is 37.3 Å². The van der Waals surface area contributed by atoms with Gasteiger partial charge >= 0.3 is 0 Å². The zero-order valence-corrected chi connectivity index (χ0v) is 16.2. The number of hydrogen-bond acceptors (Lipinski definition) is 5. The average Bonchev–Trinajstić information content (AvgIpc) is 3.03. The van der Waals surface area contributed by atoms with Crippen molar-refractivity contribution >= 4 is 23.2 Å². The van der Waals surface area contributed by atoms with Crippen LogP contribution in [0.3, 0.4) is 0 Å². The molecule has 136 valence electrons. The van der Waals surface area contributed by atoms with Crippen molar-refractivity contribution in [2.24, 2.45) is 0 Å². The molecule has 0 aliphatic heterocycles. The molecule has 1 heterocycles. The van der Waals surface area contributed by atoms with Gasteiger partial charge in [0, 0.05) is 0 Å². The fourth-order valence-corrected chi connectivity index (χ4v) is 3.63. The van der Waals surface area contributed by atoms with Gasteiger partial charge in [-0.15, -0.1) is 0 Å². The highest BCUT2D eigenvalue weighted by Crippen LogP contribution is 2.54. The molecule has 0 saturated heterocycles. The molecule has 5 nitrogen and oxygen atoms in total. The molecule has 1 aromatic heterocycles. The van der Waals surface area contributed by atoms with E-state index in [-0.39, 0.29) is 15.8 Å². The minimum Gasteiger partial charge on any atom is -0.494 e. The smallest absolute Gasteiger partial charge is 0.163 e. The van der Waals surface area contributed by atoms with Crippen LogP contribution < -0.4 is 14.2 Å². The Bertz CT molecular complexity index is 907. The molecule has 0 spiro atoms. The van der Waals surface area contributed by atoms with Gasteiger partial charge in [0.1, 0.15) is 21.5 Å². The Labute approximate surface area is 161 Å². The molecule has 0 radical (unpaired) electrons. The van der Waals surface area contributed by atoms with Gasteiger partial charge in [0.05, 0.1) is 32.5 Å². The van der Waals surface area contributed by atoms with Crippen LogP contribution in [0, 0.1) is 6.92 Å². The zero-order chi connectivity index (χ0) is 18.8. The van der Waals surface area contributed by atoms with Crippen molar-refractivity contribution in [3.05, 3.63) is 46.1 Å². The molecule has 0 fully saturated rings. The maximum absolute atomic E-state index is 6.46. The zero-order valence-electron chi connectivity index (χ0n) is 14.7. The first kappa shape index (κ1) is 18.4.